The summed E-state index contributed by atoms with van der Waals surface area (Å²) in [6.45, 7) is 0. The Morgan fingerprint density at radius 3 is 1.85 bits per heavy atom. The highest BCUT2D eigenvalue weighted by molar-refractivity contribution is 7.25. The zero-order chi connectivity index (χ0) is 34.2. The molecule has 11 rings (SSSR count). The van der Waals surface area contributed by atoms with Gasteiger partial charge in [0.25, 0.3) is 0 Å². The van der Waals surface area contributed by atoms with E-state index in [9.17, 15) is 0 Å². The molecule has 0 saturated heterocycles. The molecule has 0 aliphatic carbocycles. The summed E-state index contributed by atoms with van der Waals surface area (Å²) in [4.78, 5) is 15.6. The van der Waals surface area contributed by atoms with Gasteiger partial charge in [-0.3, -0.25) is 0 Å². The standard InChI is InChI=1S/C47H28N4S/c1-2-12-29(13-3-1)45-48-46(33-22-23-44-39(26-33)37-19-9-11-21-43(37)52-44)50-47(49-45)40-28-34(24-32-16-6-7-17-35(32)40)51-41-20-10-8-18-36(41)38-25-30-14-4-5-15-31(30)27-42(38)51/h1-28H. The van der Waals surface area contributed by atoms with Gasteiger partial charge < -0.3 is 4.57 Å². The molecule has 0 unspecified atom stereocenters. The van der Waals surface area contributed by atoms with E-state index in [2.05, 4.69) is 156 Å². The highest BCUT2D eigenvalue weighted by atomic mass is 32.1. The molecule has 4 nitrogen and oxygen atoms in total. The summed E-state index contributed by atoms with van der Waals surface area (Å²) < 4.78 is 4.92. The highest BCUT2D eigenvalue weighted by Crippen LogP contribution is 2.39. The number of fused-ring (bicyclic) bond motifs is 8. The lowest BCUT2D eigenvalue weighted by Gasteiger charge is -2.14. The number of rotatable bonds is 4. The molecular formula is C47H28N4S. The minimum absolute atomic E-state index is 0.642. The molecule has 0 atom stereocenters. The molecule has 0 N–H and O–H groups in total. The van der Waals surface area contributed by atoms with Crippen molar-refractivity contribution in [2.45, 2.75) is 0 Å². The molecule has 0 bridgehead atoms. The van der Waals surface area contributed by atoms with Gasteiger partial charge in [-0.05, 0) is 76.1 Å². The maximum atomic E-state index is 5.28. The Balaban J connectivity index is 1.19. The number of aromatic nitrogens is 4. The Kier molecular flexibility index (Phi) is 6.39. The van der Waals surface area contributed by atoms with Crippen molar-refractivity contribution in [1.82, 2.24) is 19.5 Å². The van der Waals surface area contributed by atoms with Gasteiger partial charge in [-0.15, -0.1) is 11.3 Å². The molecule has 11 aromatic rings. The van der Waals surface area contributed by atoms with E-state index in [1.54, 1.807) is 0 Å². The van der Waals surface area contributed by atoms with Gasteiger partial charge in [0.2, 0.25) is 0 Å². The van der Waals surface area contributed by atoms with Crippen molar-refractivity contribution in [1.29, 1.82) is 0 Å². The number of nitrogens with zero attached hydrogens (tertiary/aromatic N) is 4. The quantitative estimate of drug-likeness (QED) is 0.186. The Hall–Kier alpha value is -6.69. The van der Waals surface area contributed by atoms with E-state index in [-0.39, 0.29) is 0 Å². The third-order valence-electron chi connectivity index (χ3n) is 10.2. The molecule has 3 aromatic heterocycles. The number of hydrogen-bond acceptors (Lipinski definition) is 4. The van der Waals surface area contributed by atoms with Crippen molar-refractivity contribution in [2.24, 2.45) is 0 Å². The van der Waals surface area contributed by atoms with Crippen LogP contribution >= 0.6 is 11.3 Å². The van der Waals surface area contributed by atoms with Crippen LogP contribution < -0.4 is 0 Å². The lowest BCUT2D eigenvalue weighted by Crippen LogP contribution is -2.02. The van der Waals surface area contributed by atoms with Gasteiger partial charge in [0, 0.05) is 53.3 Å². The molecule has 0 amide bonds. The van der Waals surface area contributed by atoms with Gasteiger partial charge in [-0.1, -0.05) is 115 Å². The van der Waals surface area contributed by atoms with Crippen molar-refractivity contribution in [3.8, 4) is 39.9 Å². The topological polar surface area (TPSA) is 43.6 Å². The summed E-state index contributed by atoms with van der Waals surface area (Å²) in [5, 5.41) is 9.58. The molecule has 0 spiro atoms. The van der Waals surface area contributed by atoms with Crippen LogP contribution in [0.4, 0.5) is 0 Å². The fraction of sp³-hybridized carbons (Fsp3) is 0. The van der Waals surface area contributed by atoms with Crippen molar-refractivity contribution in [3.63, 3.8) is 0 Å². The van der Waals surface area contributed by atoms with Gasteiger partial charge in [-0.2, -0.15) is 0 Å². The smallest absolute Gasteiger partial charge is 0.164 e. The Morgan fingerprint density at radius 2 is 1.00 bits per heavy atom. The van der Waals surface area contributed by atoms with Crippen molar-refractivity contribution >= 4 is 74.9 Å². The number of para-hydroxylation sites is 1. The third-order valence-corrected chi connectivity index (χ3v) is 11.3. The van der Waals surface area contributed by atoms with E-state index in [4.69, 9.17) is 15.0 Å². The fourth-order valence-corrected chi connectivity index (χ4v) is 8.84. The van der Waals surface area contributed by atoms with E-state index in [0.717, 1.165) is 38.7 Å². The predicted molar refractivity (Wildman–Crippen MR) is 218 cm³/mol. The van der Waals surface area contributed by atoms with Crippen molar-refractivity contribution < 1.29 is 0 Å². The van der Waals surface area contributed by atoms with Crippen LogP contribution in [0, 0.1) is 0 Å². The zero-order valence-corrected chi connectivity index (χ0v) is 28.7. The lowest BCUT2D eigenvalue weighted by molar-refractivity contribution is 1.07. The first-order valence-electron chi connectivity index (χ1n) is 17.4. The highest BCUT2D eigenvalue weighted by Gasteiger charge is 2.19. The number of hydrogen-bond donors (Lipinski definition) is 0. The van der Waals surface area contributed by atoms with Gasteiger partial charge in [0.05, 0.1) is 11.0 Å². The molecule has 52 heavy (non-hydrogen) atoms. The van der Waals surface area contributed by atoms with Crippen molar-refractivity contribution in [2.75, 3.05) is 0 Å². The first kappa shape index (κ1) is 29.1. The van der Waals surface area contributed by atoms with Crippen LogP contribution in [-0.4, -0.2) is 19.5 Å². The Bertz CT molecular complexity index is 3190. The van der Waals surface area contributed by atoms with E-state index in [1.807, 2.05) is 29.5 Å². The Morgan fingerprint density at radius 1 is 0.365 bits per heavy atom. The van der Waals surface area contributed by atoms with Crippen LogP contribution in [0.5, 0.6) is 0 Å². The van der Waals surface area contributed by atoms with Crippen LogP contribution in [-0.2, 0) is 0 Å². The molecule has 5 heteroatoms. The van der Waals surface area contributed by atoms with Gasteiger partial charge >= 0.3 is 0 Å². The SMILES string of the molecule is c1ccc(-c2nc(-c3ccc4sc5ccccc5c4c3)nc(-c3cc(-n4c5ccccc5c5cc6ccccc6cc54)cc4ccccc34)n2)cc1. The number of benzene rings is 8. The summed E-state index contributed by atoms with van der Waals surface area (Å²) in [6.07, 6.45) is 0. The predicted octanol–water partition coefficient (Wildman–Crippen LogP) is 12.6. The van der Waals surface area contributed by atoms with Crippen LogP contribution in [0.2, 0.25) is 0 Å². The zero-order valence-electron chi connectivity index (χ0n) is 27.9. The first-order chi connectivity index (χ1) is 25.7. The second-order valence-electron chi connectivity index (χ2n) is 13.3. The average molecular weight is 681 g/mol. The average Bonchev–Trinajstić information content (AvgIpc) is 3.74. The molecule has 3 heterocycles. The van der Waals surface area contributed by atoms with Crippen LogP contribution in [0.3, 0.4) is 0 Å². The van der Waals surface area contributed by atoms with E-state index in [1.165, 1.54) is 47.2 Å². The normalized spacial score (nSPS) is 11.8. The van der Waals surface area contributed by atoms with Crippen LogP contribution in [0.25, 0.3) is 103 Å². The lowest BCUT2D eigenvalue weighted by atomic mass is 10.0. The summed E-state index contributed by atoms with van der Waals surface area (Å²) in [6, 6.07) is 60.4. The van der Waals surface area contributed by atoms with Gasteiger partial charge in [0.1, 0.15) is 0 Å². The minimum Gasteiger partial charge on any atom is -0.309 e. The third kappa shape index (κ3) is 4.57. The maximum absolute atomic E-state index is 5.28. The largest absolute Gasteiger partial charge is 0.309 e. The molecule has 0 saturated carbocycles. The van der Waals surface area contributed by atoms with E-state index >= 15 is 0 Å². The fourth-order valence-electron chi connectivity index (χ4n) is 7.75. The van der Waals surface area contributed by atoms with Crippen molar-refractivity contribution in [3.05, 3.63) is 170 Å². The minimum atomic E-state index is 0.642. The summed E-state index contributed by atoms with van der Waals surface area (Å²) in [7, 11) is 0. The van der Waals surface area contributed by atoms with E-state index in [0.29, 0.717) is 17.5 Å². The van der Waals surface area contributed by atoms with Gasteiger partial charge in [-0.25, -0.2) is 15.0 Å². The molecule has 0 fully saturated rings. The maximum Gasteiger partial charge on any atom is 0.164 e. The molecule has 0 aliphatic heterocycles. The number of thiophene rings is 1. The first-order valence-corrected chi connectivity index (χ1v) is 18.3. The summed E-state index contributed by atoms with van der Waals surface area (Å²) in [5.41, 5.74) is 6.26. The monoisotopic (exact) mass is 680 g/mol. The molecule has 0 aliphatic rings. The molecule has 0 radical (unpaired) electrons. The molecule has 8 aromatic carbocycles. The summed E-state index contributed by atoms with van der Waals surface area (Å²) >= 11 is 1.81. The Labute approximate surface area is 302 Å². The van der Waals surface area contributed by atoms with Gasteiger partial charge in [0.15, 0.2) is 17.5 Å². The molecular weight excluding hydrogens is 653 g/mol. The van der Waals surface area contributed by atoms with E-state index < -0.39 is 0 Å². The van der Waals surface area contributed by atoms with Crippen LogP contribution in [0.1, 0.15) is 0 Å². The molecule has 242 valence electrons. The second kappa shape index (κ2) is 11.4. The summed E-state index contributed by atoms with van der Waals surface area (Å²) in [5.74, 6) is 1.94. The van der Waals surface area contributed by atoms with Crippen LogP contribution in [0.15, 0.2) is 170 Å². The second-order valence-corrected chi connectivity index (χ2v) is 14.3.